The van der Waals surface area contributed by atoms with Crippen LogP contribution in [0.1, 0.15) is 27.8 Å². The van der Waals surface area contributed by atoms with E-state index in [9.17, 15) is 14.4 Å². The van der Waals surface area contributed by atoms with Crippen LogP contribution in [-0.2, 0) is 29.2 Å². The van der Waals surface area contributed by atoms with Crippen LogP contribution in [0.2, 0.25) is 5.02 Å². The molecule has 0 aromatic heterocycles. The smallest absolute Gasteiger partial charge is 0.294 e. The zero-order chi connectivity index (χ0) is 27.5. The Labute approximate surface area is 236 Å². The molecule has 2 heterocycles. The Bertz CT molecular complexity index is 1490. The fourth-order valence-corrected chi connectivity index (χ4v) is 5.76. The van der Waals surface area contributed by atoms with Crippen molar-refractivity contribution in [2.24, 2.45) is 0 Å². The van der Waals surface area contributed by atoms with Crippen molar-refractivity contribution in [3.63, 3.8) is 0 Å². The molecule has 0 N–H and O–H groups in total. The van der Waals surface area contributed by atoms with Gasteiger partial charge in [0.2, 0.25) is 5.91 Å². The fourth-order valence-electron chi connectivity index (χ4n) is 4.65. The number of aryl methyl sites for hydroxylation is 1. The van der Waals surface area contributed by atoms with Crippen LogP contribution in [0.5, 0.6) is 11.5 Å². The van der Waals surface area contributed by atoms with Crippen molar-refractivity contribution in [3.05, 3.63) is 98.4 Å². The highest BCUT2D eigenvalue weighted by molar-refractivity contribution is 8.18. The molecule has 0 bridgehead atoms. The molecule has 0 saturated carbocycles. The minimum atomic E-state index is -0.509. The Morgan fingerprint density at radius 1 is 1.08 bits per heavy atom. The standard InChI is InChI=1S/C30H27ClN2O5S/c1-19-6-5-7-20(12-19)18-38-28-24(31)13-21(14-25(28)37-2)15-26-29(35)33(30(36)39-26)17-27(34)32-11-10-22-8-3-4-9-23(22)16-32/h3-9,12-15H,10-11,16-18H2,1-2H3/b26-15-. The number of hydrogen-bond donors (Lipinski definition) is 0. The summed E-state index contributed by atoms with van der Waals surface area (Å²) in [7, 11) is 1.51. The summed E-state index contributed by atoms with van der Waals surface area (Å²) in [4.78, 5) is 41.6. The molecule has 0 atom stereocenters. The molecule has 0 aliphatic carbocycles. The molecule has 39 heavy (non-hydrogen) atoms. The summed E-state index contributed by atoms with van der Waals surface area (Å²) >= 11 is 7.33. The van der Waals surface area contributed by atoms with Crippen molar-refractivity contribution in [3.8, 4) is 11.5 Å². The van der Waals surface area contributed by atoms with Gasteiger partial charge in [-0.3, -0.25) is 19.3 Å². The summed E-state index contributed by atoms with van der Waals surface area (Å²) in [5.74, 6) is 0.0271. The summed E-state index contributed by atoms with van der Waals surface area (Å²) in [6.45, 7) is 3.05. The van der Waals surface area contributed by atoms with Gasteiger partial charge in [0.05, 0.1) is 17.0 Å². The molecule has 1 fully saturated rings. The maximum atomic E-state index is 13.1. The highest BCUT2D eigenvalue weighted by Gasteiger charge is 2.37. The third-order valence-electron chi connectivity index (χ3n) is 6.67. The molecule has 7 nitrogen and oxygen atoms in total. The topological polar surface area (TPSA) is 76.2 Å². The number of nitrogens with zero attached hydrogens (tertiary/aromatic N) is 2. The van der Waals surface area contributed by atoms with E-state index in [4.69, 9.17) is 21.1 Å². The Morgan fingerprint density at radius 3 is 2.64 bits per heavy atom. The van der Waals surface area contributed by atoms with Gasteiger partial charge in [0.25, 0.3) is 11.1 Å². The zero-order valence-electron chi connectivity index (χ0n) is 21.6. The number of hydrogen-bond acceptors (Lipinski definition) is 6. The lowest BCUT2D eigenvalue weighted by molar-refractivity contribution is -0.136. The molecule has 0 radical (unpaired) electrons. The van der Waals surface area contributed by atoms with Gasteiger partial charge in [-0.2, -0.15) is 0 Å². The third kappa shape index (κ3) is 5.97. The molecular formula is C30H27ClN2O5S. The third-order valence-corrected chi connectivity index (χ3v) is 7.85. The number of rotatable bonds is 7. The Kier molecular flexibility index (Phi) is 7.95. The highest BCUT2D eigenvalue weighted by Crippen LogP contribution is 2.39. The molecular weight excluding hydrogens is 536 g/mol. The van der Waals surface area contributed by atoms with E-state index in [1.165, 1.54) is 12.7 Å². The molecule has 9 heteroatoms. The number of fused-ring (bicyclic) bond motifs is 1. The Hall–Kier alpha value is -3.75. The quantitative estimate of drug-likeness (QED) is 0.336. The molecule has 3 amide bonds. The van der Waals surface area contributed by atoms with Crippen LogP contribution < -0.4 is 9.47 Å². The molecule has 3 aromatic carbocycles. The van der Waals surface area contributed by atoms with Gasteiger partial charge in [0, 0.05) is 13.1 Å². The van der Waals surface area contributed by atoms with Crippen molar-refractivity contribution in [2.45, 2.75) is 26.5 Å². The van der Waals surface area contributed by atoms with E-state index in [-0.39, 0.29) is 17.4 Å². The highest BCUT2D eigenvalue weighted by atomic mass is 35.5. The first-order valence-electron chi connectivity index (χ1n) is 12.5. The van der Waals surface area contributed by atoms with Gasteiger partial charge >= 0.3 is 0 Å². The van der Waals surface area contributed by atoms with Gasteiger partial charge in [0.1, 0.15) is 13.2 Å². The van der Waals surface area contributed by atoms with Crippen molar-refractivity contribution < 1.29 is 23.9 Å². The lowest BCUT2D eigenvalue weighted by Crippen LogP contribution is -2.44. The first-order chi connectivity index (χ1) is 18.8. The van der Waals surface area contributed by atoms with Gasteiger partial charge in [-0.1, -0.05) is 65.7 Å². The Balaban J connectivity index is 1.28. The summed E-state index contributed by atoms with van der Waals surface area (Å²) in [6.07, 6.45) is 2.32. The molecule has 1 saturated heterocycles. The number of halogens is 1. The first kappa shape index (κ1) is 26.8. The van der Waals surface area contributed by atoms with Crippen LogP contribution >= 0.6 is 23.4 Å². The number of carbonyl (C=O) groups excluding carboxylic acids is 3. The van der Waals surface area contributed by atoms with Gasteiger partial charge in [-0.15, -0.1) is 0 Å². The predicted molar refractivity (Wildman–Crippen MR) is 152 cm³/mol. The zero-order valence-corrected chi connectivity index (χ0v) is 23.2. The minimum Gasteiger partial charge on any atom is -0.493 e. The monoisotopic (exact) mass is 562 g/mol. The molecule has 3 aromatic rings. The van der Waals surface area contributed by atoms with E-state index in [1.807, 2.05) is 49.4 Å². The number of imide groups is 1. The molecule has 5 rings (SSSR count). The van der Waals surface area contributed by atoms with E-state index in [1.54, 1.807) is 23.1 Å². The summed E-state index contributed by atoms with van der Waals surface area (Å²) in [5.41, 5.74) is 5.00. The van der Waals surface area contributed by atoms with Crippen LogP contribution in [0.25, 0.3) is 6.08 Å². The van der Waals surface area contributed by atoms with Gasteiger partial charge in [0.15, 0.2) is 11.5 Å². The van der Waals surface area contributed by atoms with Crippen LogP contribution in [0.15, 0.2) is 65.6 Å². The van der Waals surface area contributed by atoms with Crippen molar-refractivity contribution in [1.82, 2.24) is 9.80 Å². The average Bonchev–Trinajstić information content (AvgIpc) is 3.19. The lowest BCUT2D eigenvalue weighted by atomic mass is 10.00. The van der Waals surface area contributed by atoms with Crippen molar-refractivity contribution >= 4 is 46.5 Å². The van der Waals surface area contributed by atoms with Crippen LogP contribution in [0.3, 0.4) is 0 Å². The number of thioether (sulfide) groups is 1. The van der Waals surface area contributed by atoms with Crippen molar-refractivity contribution in [1.29, 1.82) is 0 Å². The average molecular weight is 563 g/mol. The summed E-state index contributed by atoms with van der Waals surface area (Å²) < 4.78 is 11.4. The predicted octanol–water partition coefficient (Wildman–Crippen LogP) is 5.86. The number of ether oxygens (including phenoxy) is 2. The SMILES string of the molecule is COc1cc(/C=C2\SC(=O)N(CC(=O)N3CCc4ccccc4C3)C2=O)cc(Cl)c1OCc1cccc(C)c1. The van der Waals surface area contributed by atoms with E-state index in [0.717, 1.165) is 39.8 Å². The molecule has 2 aliphatic heterocycles. The number of amides is 3. The second kappa shape index (κ2) is 11.6. The van der Waals surface area contributed by atoms with Gasteiger partial charge in [-0.25, -0.2) is 0 Å². The summed E-state index contributed by atoms with van der Waals surface area (Å²) in [5, 5.41) is -0.166. The number of methoxy groups -OCH3 is 1. The second-order valence-electron chi connectivity index (χ2n) is 9.41. The largest absolute Gasteiger partial charge is 0.493 e. The molecule has 0 spiro atoms. The van der Waals surface area contributed by atoms with Gasteiger partial charge < -0.3 is 14.4 Å². The maximum absolute atomic E-state index is 13.1. The molecule has 0 unspecified atom stereocenters. The van der Waals surface area contributed by atoms with E-state index < -0.39 is 11.1 Å². The van der Waals surface area contributed by atoms with Crippen LogP contribution in [0, 0.1) is 6.92 Å². The Morgan fingerprint density at radius 2 is 1.87 bits per heavy atom. The van der Waals surface area contributed by atoms with E-state index >= 15 is 0 Å². The van der Waals surface area contributed by atoms with Crippen LogP contribution in [0.4, 0.5) is 4.79 Å². The number of carbonyl (C=O) groups is 3. The maximum Gasteiger partial charge on any atom is 0.294 e. The summed E-state index contributed by atoms with van der Waals surface area (Å²) in [6, 6.07) is 19.3. The second-order valence-corrected chi connectivity index (χ2v) is 10.8. The minimum absolute atomic E-state index is 0.211. The first-order valence-corrected chi connectivity index (χ1v) is 13.7. The molecule has 2 aliphatic rings. The van der Waals surface area contributed by atoms with Crippen molar-refractivity contribution in [2.75, 3.05) is 20.2 Å². The lowest BCUT2D eigenvalue weighted by Gasteiger charge is -2.29. The van der Waals surface area contributed by atoms with E-state index in [2.05, 4.69) is 6.07 Å². The van der Waals surface area contributed by atoms with Crippen LogP contribution in [-0.4, -0.2) is 47.1 Å². The normalized spacial score (nSPS) is 16.0. The molecule has 200 valence electrons. The fraction of sp³-hybridized carbons (Fsp3) is 0.233. The number of benzene rings is 3. The van der Waals surface area contributed by atoms with Gasteiger partial charge in [-0.05, 0) is 65.6 Å². The van der Waals surface area contributed by atoms with E-state index in [0.29, 0.717) is 41.8 Å².